The van der Waals surface area contributed by atoms with E-state index in [0.29, 0.717) is 11.9 Å². The van der Waals surface area contributed by atoms with Crippen LogP contribution in [0.25, 0.3) is 0 Å². The van der Waals surface area contributed by atoms with Gasteiger partial charge in [0.1, 0.15) is 0 Å². The van der Waals surface area contributed by atoms with Crippen LogP contribution in [0.2, 0.25) is 0 Å². The Morgan fingerprint density at radius 3 is 1.03 bits per heavy atom. The number of benzene rings is 2. The van der Waals surface area contributed by atoms with Crippen molar-refractivity contribution in [2.24, 2.45) is 0 Å². The second kappa shape index (κ2) is 10.9. The van der Waals surface area contributed by atoms with E-state index in [0.717, 1.165) is 11.4 Å². The fourth-order valence-corrected chi connectivity index (χ4v) is 2.23. The first-order chi connectivity index (χ1) is 14.5. The topological polar surface area (TPSA) is 205 Å². The number of hydrogen-bond acceptors (Lipinski definition) is 12. The Bertz CT molecular complexity index is 966. The lowest BCUT2D eigenvalue weighted by atomic mass is 10.3. The fraction of sp³-hybridized carbons (Fsp3) is 0. The minimum absolute atomic E-state index is 0. The van der Waals surface area contributed by atoms with Crippen molar-refractivity contribution >= 4 is 59.5 Å². The van der Waals surface area contributed by atoms with Crippen LogP contribution in [0.5, 0.6) is 0 Å². The molecule has 4 rings (SSSR count). The number of anilines is 8. The largest absolute Gasteiger partial charge is 0.368 e. The maximum absolute atomic E-state index is 5.43. The van der Waals surface area contributed by atoms with E-state index in [1.165, 1.54) is 0 Å². The number of nitrogens with zero attached hydrogens (tertiary/aromatic N) is 6. The number of aromatic nitrogens is 6. The van der Waals surface area contributed by atoms with Gasteiger partial charge in [0, 0.05) is 11.4 Å². The summed E-state index contributed by atoms with van der Waals surface area (Å²) in [5.41, 5.74) is 23.5. The van der Waals surface area contributed by atoms with Crippen molar-refractivity contribution in [2.45, 2.75) is 0 Å². The average Bonchev–Trinajstić information content (AvgIpc) is 2.68. The van der Waals surface area contributed by atoms with Crippen molar-refractivity contribution in [1.29, 1.82) is 0 Å². The zero-order valence-electron chi connectivity index (χ0n) is 16.2. The molecule has 0 atom stereocenters. The molecule has 2 aromatic heterocycles. The van der Waals surface area contributed by atoms with E-state index in [4.69, 9.17) is 22.9 Å². The molecule has 13 heteroatoms. The minimum atomic E-state index is 0. The van der Waals surface area contributed by atoms with Crippen molar-refractivity contribution in [1.82, 2.24) is 29.9 Å². The van der Waals surface area contributed by atoms with E-state index >= 15 is 0 Å². The van der Waals surface area contributed by atoms with Gasteiger partial charge in [-0.2, -0.15) is 29.9 Å². The highest BCUT2D eigenvalue weighted by Gasteiger charge is 2.02. The summed E-state index contributed by atoms with van der Waals surface area (Å²) in [5.74, 6) is 1.07. The molecule has 0 spiro atoms. The van der Waals surface area contributed by atoms with Gasteiger partial charge in [0.2, 0.25) is 35.7 Å². The molecule has 0 aliphatic heterocycles. The summed E-state index contributed by atoms with van der Waals surface area (Å²) >= 11 is 0. The summed E-state index contributed by atoms with van der Waals surface area (Å²) in [6.07, 6.45) is 0. The van der Waals surface area contributed by atoms with Gasteiger partial charge < -0.3 is 33.6 Å². The molecule has 31 heavy (non-hydrogen) atoms. The van der Waals surface area contributed by atoms with Crippen molar-refractivity contribution < 1.29 is 0 Å². The number of nitrogens with two attached hydrogens (primary N) is 4. The highest BCUT2D eigenvalue weighted by Crippen LogP contribution is 2.13. The standard InChI is InChI=1S/2C9H10N6.ClH/c2*10-7-13-8(11)15-9(14-7)12-6-4-2-1-3-5-6;/h2*1-5H,(H5,10,11,12,13,14,15);1H. The Labute approximate surface area is 184 Å². The molecule has 0 aliphatic rings. The summed E-state index contributed by atoms with van der Waals surface area (Å²) in [7, 11) is 0. The van der Waals surface area contributed by atoms with E-state index in [2.05, 4.69) is 40.5 Å². The summed E-state index contributed by atoms with van der Waals surface area (Å²) in [5, 5.41) is 5.93. The van der Waals surface area contributed by atoms with Crippen LogP contribution in [0.4, 0.5) is 47.1 Å². The van der Waals surface area contributed by atoms with Crippen LogP contribution >= 0.6 is 12.4 Å². The lowest BCUT2D eigenvalue weighted by Gasteiger charge is -2.04. The Kier molecular flexibility index (Phi) is 8.04. The second-order valence-electron chi connectivity index (χ2n) is 5.73. The van der Waals surface area contributed by atoms with Crippen LogP contribution in [0.1, 0.15) is 0 Å². The van der Waals surface area contributed by atoms with Gasteiger partial charge in [-0.1, -0.05) is 36.4 Å². The van der Waals surface area contributed by atoms with Crippen LogP contribution in [0, 0.1) is 0 Å². The number of rotatable bonds is 4. The molecular weight excluding hydrogens is 420 g/mol. The van der Waals surface area contributed by atoms with Crippen LogP contribution in [-0.2, 0) is 0 Å². The summed E-state index contributed by atoms with van der Waals surface area (Å²) in [6.45, 7) is 0. The summed E-state index contributed by atoms with van der Waals surface area (Å²) in [4.78, 5) is 22.9. The predicted octanol–water partition coefficient (Wildman–Crippen LogP) is 1.98. The molecule has 160 valence electrons. The third kappa shape index (κ3) is 7.47. The Hall–Kier alpha value is -4.45. The zero-order valence-corrected chi connectivity index (χ0v) is 17.0. The van der Waals surface area contributed by atoms with Crippen LogP contribution < -0.4 is 33.6 Å². The smallest absolute Gasteiger partial charge is 0.233 e. The number of para-hydroxylation sites is 2. The first kappa shape index (κ1) is 22.8. The first-order valence-corrected chi connectivity index (χ1v) is 8.66. The minimum Gasteiger partial charge on any atom is -0.368 e. The highest BCUT2D eigenvalue weighted by atomic mass is 35.5. The lowest BCUT2D eigenvalue weighted by molar-refractivity contribution is 1.08. The SMILES string of the molecule is Cl.Nc1nc(N)nc(Nc2ccccc2)n1.Nc1nc(N)nc(Nc2ccccc2)n1. The quantitative estimate of drug-likeness (QED) is 0.269. The van der Waals surface area contributed by atoms with Gasteiger partial charge in [-0.05, 0) is 24.3 Å². The van der Waals surface area contributed by atoms with Crippen molar-refractivity contribution in [3.05, 3.63) is 60.7 Å². The molecule has 0 radical (unpaired) electrons. The zero-order chi connectivity index (χ0) is 21.3. The van der Waals surface area contributed by atoms with Gasteiger partial charge in [-0.25, -0.2) is 0 Å². The molecule has 0 amide bonds. The van der Waals surface area contributed by atoms with Gasteiger partial charge in [-0.15, -0.1) is 12.4 Å². The fourth-order valence-electron chi connectivity index (χ4n) is 2.23. The molecule has 2 heterocycles. The molecule has 12 nitrogen and oxygen atoms in total. The maximum atomic E-state index is 5.43. The third-order valence-electron chi connectivity index (χ3n) is 3.40. The van der Waals surface area contributed by atoms with Crippen molar-refractivity contribution in [3.63, 3.8) is 0 Å². The van der Waals surface area contributed by atoms with Gasteiger partial charge in [0.15, 0.2) is 0 Å². The normalized spacial score (nSPS) is 9.55. The van der Waals surface area contributed by atoms with Gasteiger partial charge >= 0.3 is 0 Å². The van der Waals surface area contributed by atoms with E-state index in [1.807, 2.05) is 60.7 Å². The molecule has 0 bridgehead atoms. The van der Waals surface area contributed by atoms with Crippen molar-refractivity contribution in [3.8, 4) is 0 Å². The summed E-state index contributed by atoms with van der Waals surface area (Å²) < 4.78 is 0. The lowest BCUT2D eigenvalue weighted by Crippen LogP contribution is -2.06. The third-order valence-corrected chi connectivity index (χ3v) is 3.40. The molecular formula is C18H21ClN12. The number of hydrogen-bond donors (Lipinski definition) is 6. The number of nitrogens with one attached hydrogen (secondary N) is 2. The average molecular weight is 441 g/mol. The van der Waals surface area contributed by atoms with Crippen LogP contribution in [-0.4, -0.2) is 29.9 Å². The van der Waals surface area contributed by atoms with Crippen molar-refractivity contribution in [2.75, 3.05) is 33.6 Å². The number of nitrogen functional groups attached to an aromatic ring is 4. The highest BCUT2D eigenvalue weighted by molar-refractivity contribution is 5.85. The molecule has 0 saturated carbocycles. The monoisotopic (exact) mass is 440 g/mol. The van der Waals surface area contributed by atoms with Crippen LogP contribution in [0.15, 0.2) is 60.7 Å². The predicted molar refractivity (Wildman–Crippen MR) is 124 cm³/mol. The van der Waals surface area contributed by atoms with Crippen LogP contribution in [0.3, 0.4) is 0 Å². The Morgan fingerprint density at radius 1 is 0.452 bits per heavy atom. The maximum Gasteiger partial charge on any atom is 0.233 e. The molecule has 0 unspecified atom stereocenters. The van der Waals surface area contributed by atoms with Gasteiger partial charge in [0.05, 0.1) is 0 Å². The first-order valence-electron chi connectivity index (χ1n) is 8.66. The molecule has 2 aromatic carbocycles. The summed E-state index contributed by atoms with van der Waals surface area (Å²) in [6, 6.07) is 19.0. The molecule has 4 aromatic rings. The van der Waals surface area contributed by atoms with Gasteiger partial charge in [-0.3, -0.25) is 0 Å². The van der Waals surface area contributed by atoms with E-state index in [9.17, 15) is 0 Å². The molecule has 0 aliphatic carbocycles. The molecule has 0 fully saturated rings. The second-order valence-corrected chi connectivity index (χ2v) is 5.73. The number of halogens is 1. The molecule has 10 N–H and O–H groups in total. The Morgan fingerprint density at radius 2 is 0.742 bits per heavy atom. The van der Waals surface area contributed by atoms with E-state index in [-0.39, 0.29) is 36.2 Å². The van der Waals surface area contributed by atoms with E-state index in [1.54, 1.807) is 0 Å². The van der Waals surface area contributed by atoms with Gasteiger partial charge in [0.25, 0.3) is 0 Å². The van der Waals surface area contributed by atoms with E-state index < -0.39 is 0 Å². The molecule has 0 saturated heterocycles. The Balaban J connectivity index is 0.000000213.